The van der Waals surface area contributed by atoms with Crippen LogP contribution in [0.25, 0.3) is 5.69 Å². The topological polar surface area (TPSA) is 133 Å². The summed E-state index contributed by atoms with van der Waals surface area (Å²) < 4.78 is 17.6. The number of ether oxygens (including phenoxy) is 3. The van der Waals surface area contributed by atoms with Crippen molar-refractivity contribution in [2.45, 2.75) is 25.9 Å². The quantitative estimate of drug-likeness (QED) is 0.140. The summed E-state index contributed by atoms with van der Waals surface area (Å²) in [5.41, 5.74) is 4.72. The summed E-state index contributed by atoms with van der Waals surface area (Å²) >= 11 is 5.91. The predicted molar refractivity (Wildman–Crippen MR) is 170 cm³/mol. The number of amides is 1. The van der Waals surface area contributed by atoms with E-state index in [2.05, 4.69) is 15.6 Å². The second-order valence-corrected chi connectivity index (χ2v) is 10.5. The minimum Gasteiger partial charge on any atom is -0.496 e. The molecule has 0 saturated carbocycles. The fourth-order valence-electron chi connectivity index (χ4n) is 5.63. The molecule has 0 radical (unpaired) electrons. The average Bonchev–Trinajstić information content (AvgIpc) is 3.51. The number of hydrogen-bond donors (Lipinski definition) is 2. The molecule has 12 nitrogen and oxygen atoms in total. The highest BCUT2D eigenvalue weighted by molar-refractivity contribution is 7.80. The standard InChI is InChI=1S/C31H32N6O6S/c1-18-14-22(19(2)35(18)25-11-10-21(42-4)16-26(25)37(39)40)30-29(23-8-6-7-13-32-23)34-31(44)36(30)20-9-12-27(43-5)24(15-20)33-28(38)17-41-3/h6-16,29-30H,17H2,1-5H3,(H,33,38)(H,34,44)/t29-,30+/m1/s1. The maximum Gasteiger partial charge on any atom is 0.296 e. The maximum atomic E-state index is 12.4. The number of methoxy groups -OCH3 is 3. The monoisotopic (exact) mass is 616 g/mol. The van der Waals surface area contributed by atoms with Crippen molar-refractivity contribution in [2.75, 3.05) is 38.2 Å². The van der Waals surface area contributed by atoms with Gasteiger partial charge in [-0.2, -0.15) is 0 Å². The Morgan fingerprint density at radius 1 is 1.09 bits per heavy atom. The highest BCUT2D eigenvalue weighted by atomic mass is 32.1. The number of nitro groups is 1. The van der Waals surface area contributed by atoms with Crippen LogP contribution in [0.1, 0.15) is 34.7 Å². The van der Waals surface area contributed by atoms with Crippen LogP contribution in [0.2, 0.25) is 0 Å². The normalized spacial score (nSPS) is 16.0. The molecule has 0 aliphatic carbocycles. The van der Waals surface area contributed by atoms with Crippen LogP contribution in [-0.4, -0.2) is 53.4 Å². The summed E-state index contributed by atoms with van der Waals surface area (Å²) in [6, 6.07) is 17.1. The van der Waals surface area contributed by atoms with Gasteiger partial charge in [0.15, 0.2) is 5.11 Å². The van der Waals surface area contributed by atoms with Crippen LogP contribution in [0.15, 0.2) is 66.9 Å². The molecule has 1 fully saturated rings. The molecule has 0 spiro atoms. The number of aryl methyl sites for hydroxylation is 1. The molecule has 1 aliphatic heterocycles. The van der Waals surface area contributed by atoms with Gasteiger partial charge in [0.1, 0.15) is 23.8 Å². The zero-order valence-corrected chi connectivity index (χ0v) is 25.7. The Kier molecular flexibility index (Phi) is 8.78. The summed E-state index contributed by atoms with van der Waals surface area (Å²) in [6.45, 7) is 3.71. The van der Waals surface area contributed by atoms with Gasteiger partial charge in [0.05, 0.1) is 48.7 Å². The number of thiocarbonyl (C=S) groups is 1. The molecule has 0 unspecified atom stereocenters. The van der Waals surface area contributed by atoms with Crippen LogP contribution in [0.5, 0.6) is 11.5 Å². The van der Waals surface area contributed by atoms with E-state index >= 15 is 0 Å². The van der Waals surface area contributed by atoms with Gasteiger partial charge in [-0.25, -0.2) is 0 Å². The second kappa shape index (κ2) is 12.7. The van der Waals surface area contributed by atoms with E-state index in [-0.39, 0.29) is 24.2 Å². The first-order valence-corrected chi connectivity index (χ1v) is 14.1. The Morgan fingerprint density at radius 2 is 1.89 bits per heavy atom. The van der Waals surface area contributed by atoms with Crippen molar-refractivity contribution >= 4 is 40.3 Å². The van der Waals surface area contributed by atoms with Crippen LogP contribution in [0.3, 0.4) is 0 Å². The van der Waals surface area contributed by atoms with Gasteiger partial charge in [0.25, 0.3) is 5.69 Å². The summed E-state index contributed by atoms with van der Waals surface area (Å²) in [5, 5.41) is 18.8. The fraction of sp³-hybridized carbons (Fsp3) is 0.258. The van der Waals surface area contributed by atoms with Crippen molar-refractivity contribution in [3.63, 3.8) is 0 Å². The number of rotatable bonds is 10. The van der Waals surface area contributed by atoms with E-state index < -0.39 is 11.0 Å². The lowest BCUT2D eigenvalue weighted by molar-refractivity contribution is -0.384. The van der Waals surface area contributed by atoms with Crippen LogP contribution in [-0.2, 0) is 9.53 Å². The zero-order valence-electron chi connectivity index (χ0n) is 24.9. The minimum atomic E-state index is -0.414. The highest BCUT2D eigenvalue weighted by Crippen LogP contribution is 2.45. The van der Waals surface area contributed by atoms with Gasteiger partial charge in [0.2, 0.25) is 5.91 Å². The predicted octanol–water partition coefficient (Wildman–Crippen LogP) is 5.18. The van der Waals surface area contributed by atoms with Gasteiger partial charge < -0.3 is 34.3 Å². The molecule has 228 valence electrons. The second-order valence-electron chi connectivity index (χ2n) is 10.1. The third-order valence-electron chi connectivity index (χ3n) is 7.52. The van der Waals surface area contributed by atoms with Crippen molar-refractivity contribution < 1.29 is 23.9 Å². The van der Waals surface area contributed by atoms with E-state index in [1.54, 1.807) is 30.5 Å². The Balaban J connectivity index is 1.68. The molecule has 3 heterocycles. The van der Waals surface area contributed by atoms with E-state index in [0.717, 1.165) is 22.6 Å². The van der Waals surface area contributed by atoms with Gasteiger partial charge in [-0.1, -0.05) is 6.07 Å². The van der Waals surface area contributed by atoms with Crippen LogP contribution >= 0.6 is 12.2 Å². The van der Waals surface area contributed by atoms with Crippen LogP contribution < -0.4 is 25.0 Å². The fourth-order valence-corrected chi connectivity index (χ4v) is 5.98. The number of nitrogens with zero attached hydrogens (tertiary/aromatic N) is 4. The number of carbonyl (C=O) groups excluding carboxylic acids is 1. The largest absolute Gasteiger partial charge is 0.496 e. The first kappa shape index (κ1) is 30.4. The SMILES string of the molecule is COCC(=O)Nc1cc(N2C(=S)N[C@H](c3ccccn3)[C@@H]2c2cc(C)n(-c3ccc(OC)cc3[N+](=O)[O-])c2C)ccc1OC. The van der Waals surface area contributed by atoms with Crippen molar-refractivity contribution in [3.8, 4) is 17.2 Å². The van der Waals surface area contributed by atoms with Gasteiger partial charge in [-0.05, 0) is 80.2 Å². The smallest absolute Gasteiger partial charge is 0.296 e. The molecule has 1 saturated heterocycles. The lowest BCUT2D eigenvalue weighted by Crippen LogP contribution is -2.29. The maximum absolute atomic E-state index is 12.4. The third-order valence-corrected chi connectivity index (χ3v) is 7.83. The number of anilines is 2. The number of pyridine rings is 1. The van der Waals surface area contributed by atoms with Crippen molar-refractivity contribution in [3.05, 3.63) is 99.6 Å². The average molecular weight is 617 g/mol. The number of aromatic nitrogens is 2. The van der Waals surface area contributed by atoms with Gasteiger partial charge >= 0.3 is 0 Å². The van der Waals surface area contributed by atoms with Crippen molar-refractivity contribution in [1.82, 2.24) is 14.9 Å². The molecule has 5 rings (SSSR count). The van der Waals surface area contributed by atoms with Gasteiger partial charge in [0, 0.05) is 30.4 Å². The van der Waals surface area contributed by atoms with E-state index in [1.807, 2.05) is 53.6 Å². The molecule has 2 aromatic heterocycles. The Labute approximate surface area is 259 Å². The molecule has 2 aromatic carbocycles. The summed E-state index contributed by atoms with van der Waals surface area (Å²) in [7, 11) is 4.44. The molecule has 13 heteroatoms. The van der Waals surface area contributed by atoms with Crippen molar-refractivity contribution in [1.29, 1.82) is 0 Å². The number of hydrogen-bond acceptors (Lipinski definition) is 8. The molecule has 44 heavy (non-hydrogen) atoms. The molecule has 2 atom stereocenters. The van der Waals surface area contributed by atoms with Crippen LogP contribution in [0.4, 0.5) is 17.1 Å². The number of nitrogens with one attached hydrogen (secondary N) is 2. The Hall–Kier alpha value is -5.01. The number of benzene rings is 2. The number of carbonyl (C=O) groups is 1. The first-order valence-electron chi connectivity index (χ1n) is 13.7. The Bertz CT molecular complexity index is 1730. The summed E-state index contributed by atoms with van der Waals surface area (Å²) in [5.74, 6) is 0.527. The molecular formula is C31H32N6O6S. The Morgan fingerprint density at radius 3 is 2.55 bits per heavy atom. The molecule has 1 amide bonds. The van der Waals surface area contributed by atoms with E-state index in [1.165, 1.54) is 27.4 Å². The molecule has 0 bridgehead atoms. The first-order chi connectivity index (χ1) is 21.2. The molecular weight excluding hydrogens is 584 g/mol. The number of nitro benzene ring substituents is 1. The lowest BCUT2D eigenvalue weighted by Gasteiger charge is -2.29. The van der Waals surface area contributed by atoms with Crippen molar-refractivity contribution in [2.24, 2.45) is 0 Å². The summed E-state index contributed by atoms with van der Waals surface area (Å²) in [4.78, 5) is 30.7. The van der Waals surface area contributed by atoms with E-state index in [9.17, 15) is 14.9 Å². The molecule has 2 N–H and O–H groups in total. The zero-order chi connectivity index (χ0) is 31.5. The third kappa shape index (κ3) is 5.66. The minimum absolute atomic E-state index is 0.0810. The van der Waals surface area contributed by atoms with Crippen LogP contribution in [0, 0.1) is 24.0 Å². The van der Waals surface area contributed by atoms with E-state index in [4.69, 9.17) is 26.4 Å². The summed E-state index contributed by atoms with van der Waals surface area (Å²) in [6.07, 6.45) is 1.72. The lowest BCUT2D eigenvalue weighted by atomic mass is 9.96. The highest BCUT2D eigenvalue weighted by Gasteiger charge is 2.42. The van der Waals surface area contributed by atoms with Gasteiger partial charge in [-0.15, -0.1) is 0 Å². The van der Waals surface area contributed by atoms with Gasteiger partial charge in [-0.3, -0.25) is 19.9 Å². The van der Waals surface area contributed by atoms with E-state index in [0.29, 0.717) is 33.7 Å². The molecule has 4 aromatic rings. The molecule has 1 aliphatic rings.